The standard InChI is InChI=1S/C16H17Br2N2O5/c1-2-24-16(21)9-25-15-6-4-3-5-13(15)20(23)14-8-11(18)10(17)7-12(14)19-22/h3-4,6-8,19,22-23H,2,5,9H2,1H3/q+1/p+1/b20-13-. The van der Waals surface area contributed by atoms with Crippen molar-refractivity contribution in [2.75, 3.05) is 13.2 Å². The van der Waals surface area contributed by atoms with E-state index in [2.05, 4.69) is 31.9 Å². The van der Waals surface area contributed by atoms with E-state index in [9.17, 15) is 15.2 Å². The minimum absolute atomic E-state index is 0.256. The fraction of sp³-hybridized carbons (Fsp3) is 0.250. The van der Waals surface area contributed by atoms with Gasteiger partial charge in [0.2, 0.25) is 5.69 Å². The minimum Gasteiger partial charge on any atom is -0.475 e. The molecule has 134 valence electrons. The number of carbonyl (C=O) groups excluding carboxylic acids is 1. The maximum atomic E-state index is 11.5. The van der Waals surface area contributed by atoms with E-state index >= 15 is 0 Å². The van der Waals surface area contributed by atoms with Crippen LogP contribution in [0.15, 0.2) is 45.1 Å². The molecule has 9 heteroatoms. The average molecular weight is 478 g/mol. The Morgan fingerprint density at radius 2 is 2.08 bits per heavy atom. The van der Waals surface area contributed by atoms with Gasteiger partial charge in [-0.05, 0) is 44.9 Å². The van der Waals surface area contributed by atoms with Crippen molar-refractivity contribution in [3.8, 4) is 0 Å². The molecule has 0 bridgehead atoms. The summed E-state index contributed by atoms with van der Waals surface area (Å²) in [5.74, 6) is -0.140. The Labute approximate surface area is 161 Å². The number of halogens is 2. The molecule has 0 spiro atoms. The molecule has 0 radical (unpaired) electrons. The lowest BCUT2D eigenvalue weighted by atomic mass is 10.1. The van der Waals surface area contributed by atoms with Crippen LogP contribution in [0, 0.1) is 0 Å². The molecule has 0 atom stereocenters. The summed E-state index contributed by atoms with van der Waals surface area (Å²) in [6, 6.07) is 3.31. The lowest BCUT2D eigenvalue weighted by Crippen LogP contribution is -2.74. The molecule has 4 N–H and O–H groups in total. The first-order valence-corrected chi connectivity index (χ1v) is 9.03. The predicted octanol–water partition coefficient (Wildman–Crippen LogP) is 2.69. The van der Waals surface area contributed by atoms with Gasteiger partial charge >= 0.3 is 11.7 Å². The van der Waals surface area contributed by atoms with E-state index in [0.29, 0.717) is 33.7 Å². The topological polar surface area (TPSA) is 95.6 Å². The molecule has 1 aromatic rings. The van der Waals surface area contributed by atoms with Crippen LogP contribution in [0.5, 0.6) is 0 Å². The summed E-state index contributed by atoms with van der Waals surface area (Å²) in [6.45, 7) is 1.73. The lowest BCUT2D eigenvalue weighted by Gasteiger charge is -2.11. The summed E-state index contributed by atoms with van der Waals surface area (Å²) < 4.78 is 12.7. The van der Waals surface area contributed by atoms with Gasteiger partial charge in [0.1, 0.15) is 0 Å². The molecule has 0 unspecified atom stereocenters. The molecule has 1 aliphatic rings. The van der Waals surface area contributed by atoms with Crippen LogP contribution in [0.25, 0.3) is 0 Å². The smallest absolute Gasteiger partial charge is 0.344 e. The first-order valence-electron chi connectivity index (χ1n) is 7.44. The van der Waals surface area contributed by atoms with Crippen molar-refractivity contribution in [1.82, 2.24) is 0 Å². The molecule has 0 fully saturated rings. The third-order valence-corrected chi connectivity index (χ3v) is 5.17. The number of benzene rings is 1. The van der Waals surface area contributed by atoms with Crippen molar-refractivity contribution in [1.29, 1.82) is 0 Å². The highest BCUT2D eigenvalue weighted by Crippen LogP contribution is 2.32. The highest BCUT2D eigenvalue weighted by Gasteiger charge is 2.29. The van der Waals surface area contributed by atoms with Crippen LogP contribution in [0.4, 0.5) is 11.4 Å². The van der Waals surface area contributed by atoms with E-state index in [1.807, 2.05) is 6.08 Å². The van der Waals surface area contributed by atoms with Gasteiger partial charge in [-0.15, -0.1) is 0 Å². The van der Waals surface area contributed by atoms with Gasteiger partial charge in [-0.2, -0.15) is 5.48 Å². The number of carbonyl (C=O) groups is 1. The summed E-state index contributed by atoms with van der Waals surface area (Å²) in [4.78, 5) is 11.5. The van der Waals surface area contributed by atoms with Crippen LogP contribution in [0.3, 0.4) is 0 Å². The number of hydrogen-bond donors (Lipinski definition) is 3. The second-order valence-electron chi connectivity index (χ2n) is 4.97. The van der Waals surface area contributed by atoms with Crippen LogP contribution in [0.2, 0.25) is 0 Å². The van der Waals surface area contributed by atoms with Gasteiger partial charge in [0.25, 0.3) is 5.71 Å². The van der Waals surface area contributed by atoms with Gasteiger partial charge in [0.05, 0.1) is 13.0 Å². The minimum atomic E-state index is -0.488. The molecule has 0 aromatic heterocycles. The zero-order chi connectivity index (χ0) is 18.4. The Hall–Kier alpha value is -1.68. The highest BCUT2D eigenvalue weighted by atomic mass is 79.9. The van der Waals surface area contributed by atoms with E-state index < -0.39 is 5.97 Å². The molecule has 1 aliphatic carbocycles. The maximum absolute atomic E-state index is 11.5. The van der Waals surface area contributed by atoms with Crippen molar-refractivity contribution in [3.63, 3.8) is 0 Å². The van der Waals surface area contributed by atoms with Gasteiger partial charge in [-0.3, -0.25) is 5.21 Å². The van der Waals surface area contributed by atoms with Crippen molar-refractivity contribution in [2.45, 2.75) is 13.3 Å². The maximum Gasteiger partial charge on any atom is 0.344 e. The molecule has 0 aliphatic heterocycles. The first-order chi connectivity index (χ1) is 12.0. The molecule has 0 saturated carbocycles. The number of ether oxygens (including phenoxy) is 2. The fourth-order valence-corrected chi connectivity index (χ4v) is 2.87. The summed E-state index contributed by atoms with van der Waals surface area (Å²) in [7, 11) is 0. The van der Waals surface area contributed by atoms with Crippen LogP contribution in [-0.4, -0.2) is 40.0 Å². The number of rotatable bonds is 6. The quantitative estimate of drug-likeness (QED) is 0.192. The fourth-order valence-electron chi connectivity index (χ4n) is 2.18. The van der Waals surface area contributed by atoms with E-state index in [0.717, 1.165) is 14.7 Å². The first kappa shape index (κ1) is 19.6. The molecule has 25 heavy (non-hydrogen) atoms. The summed E-state index contributed by atoms with van der Waals surface area (Å²) in [6.07, 6.45) is 5.65. The summed E-state index contributed by atoms with van der Waals surface area (Å²) in [5.41, 5.74) is 2.10. The second kappa shape index (κ2) is 9.14. The van der Waals surface area contributed by atoms with Gasteiger partial charge < -0.3 is 9.47 Å². The Kier molecular flexibility index (Phi) is 7.18. The number of quaternary nitrogens is 1. The summed E-state index contributed by atoms with van der Waals surface area (Å²) >= 11 is 6.72. The third kappa shape index (κ3) is 4.91. The van der Waals surface area contributed by atoms with Crippen LogP contribution in [-0.2, 0) is 14.3 Å². The van der Waals surface area contributed by atoms with Crippen molar-refractivity contribution < 1.29 is 34.9 Å². The van der Waals surface area contributed by atoms with Gasteiger partial charge in [0, 0.05) is 25.8 Å². The van der Waals surface area contributed by atoms with E-state index in [1.54, 1.807) is 31.2 Å². The van der Waals surface area contributed by atoms with Gasteiger partial charge in [-0.25, -0.2) is 10.0 Å². The predicted molar refractivity (Wildman–Crippen MR) is 96.4 cm³/mol. The number of esters is 1. The average Bonchev–Trinajstić information content (AvgIpc) is 2.61. The molecule has 7 nitrogen and oxygen atoms in total. The van der Waals surface area contributed by atoms with Crippen LogP contribution < -0.4 is 5.48 Å². The Morgan fingerprint density at radius 1 is 1.36 bits per heavy atom. The molecule has 0 saturated heterocycles. The third-order valence-electron chi connectivity index (χ3n) is 3.32. The zero-order valence-electron chi connectivity index (χ0n) is 13.4. The Morgan fingerprint density at radius 3 is 2.76 bits per heavy atom. The number of nitrogens with two attached hydrogens (primary N) is 1. The largest absolute Gasteiger partial charge is 0.475 e. The highest BCUT2D eigenvalue weighted by molar-refractivity contribution is 9.13. The Balaban J connectivity index is 2.36. The second-order valence-corrected chi connectivity index (χ2v) is 6.68. The molecule has 0 amide bonds. The van der Waals surface area contributed by atoms with Crippen molar-refractivity contribution in [3.05, 3.63) is 45.1 Å². The zero-order valence-corrected chi connectivity index (χ0v) is 16.6. The number of allylic oxidation sites excluding steroid dienone is 4. The monoisotopic (exact) mass is 476 g/mol. The summed E-state index contributed by atoms with van der Waals surface area (Å²) in [5, 5.41) is 20.1. The van der Waals surface area contributed by atoms with Crippen molar-refractivity contribution >= 4 is 54.9 Å². The van der Waals surface area contributed by atoms with Gasteiger partial charge in [0.15, 0.2) is 12.4 Å². The Bertz CT molecular complexity index is 759. The molecular formula is C16H18Br2N2O5+2. The number of nitrogens with zero attached hydrogens (tertiary/aromatic N) is 1. The lowest BCUT2D eigenvalue weighted by molar-refractivity contribution is -0.830. The molecule has 0 heterocycles. The van der Waals surface area contributed by atoms with Crippen LogP contribution >= 0.6 is 31.9 Å². The van der Waals surface area contributed by atoms with Crippen molar-refractivity contribution in [2.24, 2.45) is 0 Å². The van der Waals surface area contributed by atoms with E-state index in [1.165, 1.54) is 0 Å². The molecule has 2 rings (SSSR count). The van der Waals surface area contributed by atoms with E-state index in [4.69, 9.17) is 9.47 Å². The SMILES string of the molecule is CCOC(=O)COC1=CC=CC/C1=[N+](/O)c1cc(Br)c(Br)cc1[NH2+]O. The molecule has 1 aromatic carbocycles. The van der Waals surface area contributed by atoms with Crippen LogP contribution in [0.1, 0.15) is 13.3 Å². The van der Waals surface area contributed by atoms with E-state index in [-0.39, 0.29) is 13.2 Å². The number of hydrogen-bond acceptors (Lipinski definition) is 5. The molecular weight excluding hydrogens is 460 g/mol. The van der Waals surface area contributed by atoms with Gasteiger partial charge in [-0.1, -0.05) is 12.2 Å². The normalized spacial score (nSPS) is 15.6.